The summed E-state index contributed by atoms with van der Waals surface area (Å²) >= 11 is 0. The summed E-state index contributed by atoms with van der Waals surface area (Å²) in [7, 11) is 0. The molecule has 0 amide bonds. The molecule has 1 fully saturated rings. The van der Waals surface area contributed by atoms with Crippen molar-refractivity contribution in [3.05, 3.63) is 60.2 Å². The standard InChI is InChI=1S/C22H21NO.ClH/c23-22(17-10-12-24-13-11-17)19-9-7-16-5-4-14-2-1-3-15-6-8-18(19)21(16)20(14)15;/h1-9,17,22H,10-13,23H2;1H/t22-;/m0./s1. The molecular weight excluding hydrogens is 330 g/mol. The van der Waals surface area contributed by atoms with Gasteiger partial charge in [0.15, 0.2) is 0 Å². The second kappa shape index (κ2) is 6.45. The molecule has 1 aliphatic rings. The normalized spacial score (nSPS) is 17.2. The van der Waals surface area contributed by atoms with Gasteiger partial charge < -0.3 is 10.5 Å². The molecule has 1 aliphatic heterocycles. The Balaban J connectivity index is 0.00000157. The number of benzene rings is 4. The van der Waals surface area contributed by atoms with Gasteiger partial charge in [0.25, 0.3) is 0 Å². The molecule has 3 heteroatoms. The van der Waals surface area contributed by atoms with E-state index in [-0.39, 0.29) is 18.4 Å². The molecule has 1 atom stereocenters. The van der Waals surface area contributed by atoms with Gasteiger partial charge in [0.1, 0.15) is 0 Å². The van der Waals surface area contributed by atoms with Crippen molar-refractivity contribution in [1.29, 1.82) is 0 Å². The number of nitrogens with two attached hydrogens (primary N) is 1. The minimum absolute atomic E-state index is 0. The van der Waals surface area contributed by atoms with Crippen LogP contribution in [0, 0.1) is 5.92 Å². The maximum absolute atomic E-state index is 6.71. The van der Waals surface area contributed by atoms with Gasteiger partial charge in [-0.1, -0.05) is 54.6 Å². The highest BCUT2D eigenvalue weighted by Crippen LogP contribution is 2.39. The van der Waals surface area contributed by atoms with E-state index in [0.717, 1.165) is 26.1 Å². The Morgan fingerprint density at radius 1 is 0.800 bits per heavy atom. The zero-order valence-corrected chi connectivity index (χ0v) is 14.9. The summed E-state index contributed by atoms with van der Waals surface area (Å²) in [6.45, 7) is 1.67. The third-order valence-corrected chi connectivity index (χ3v) is 5.70. The van der Waals surface area contributed by atoms with Crippen LogP contribution in [0.4, 0.5) is 0 Å². The molecule has 1 saturated heterocycles. The Kier molecular flexibility index (Phi) is 4.28. The first-order valence-corrected chi connectivity index (χ1v) is 8.83. The maximum atomic E-state index is 6.71. The lowest BCUT2D eigenvalue weighted by Crippen LogP contribution is -2.27. The second-order valence-electron chi connectivity index (χ2n) is 6.99. The van der Waals surface area contributed by atoms with E-state index < -0.39 is 0 Å². The van der Waals surface area contributed by atoms with E-state index in [9.17, 15) is 0 Å². The van der Waals surface area contributed by atoms with Crippen molar-refractivity contribution in [3.8, 4) is 0 Å². The van der Waals surface area contributed by atoms with Crippen LogP contribution in [0.25, 0.3) is 32.3 Å². The lowest BCUT2D eigenvalue weighted by atomic mass is 9.83. The van der Waals surface area contributed by atoms with E-state index in [2.05, 4.69) is 54.6 Å². The topological polar surface area (TPSA) is 35.2 Å². The summed E-state index contributed by atoms with van der Waals surface area (Å²) < 4.78 is 5.51. The molecule has 25 heavy (non-hydrogen) atoms. The smallest absolute Gasteiger partial charge is 0.0469 e. The van der Waals surface area contributed by atoms with Crippen LogP contribution in [0.3, 0.4) is 0 Å². The summed E-state index contributed by atoms with van der Waals surface area (Å²) in [4.78, 5) is 0. The molecule has 2 nitrogen and oxygen atoms in total. The molecule has 5 rings (SSSR count). The van der Waals surface area contributed by atoms with Crippen molar-refractivity contribution in [2.75, 3.05) is 13.2 Å². The van der Waals surface area contributed by atoms with Crippen molar-refractivity contribution in [3.63, 3.8) is 0 Å². The van der Waals surface area contributed by atoms with Crippen molar-refractivity contribution < 1.29 is 4.74 Å². The third kappa shape index (κ3) is 2.56. The van der Waals surface area contributed by atoms with Crippen LogP contribution in [0.1, 0.15) is 24.4 Å². The quantitative estimate of drug-likeness (QED) is 0.488. The van der Waals surface area contributed by atoms with E-state index in [0.29, 0.717) is 5.92 Å². The summed E-state index contributed by atoms with van der Waals surface area (Å²) in [5, 5.41) is 7.97. The van der Waals surface area contributed by atoms with Crippen LogP contribution >= 0.6 is 12.4 Å². The molecule has 2 N–H and O–H groups in total. The Hall–Kier alpha value is -1.87. The van der Waals surface area contributed by atoms with Crippen LogP contribution in [0.5, 0.6) is 0 Å². The van der Waals surface area contributed by atoms with E-state index in [1.807, 2.05) is 0 Å². The average molecular weight is 352 g/mol. The molecule has 0 saturated carbocycles. The Bertz CT molecular complexity index is 1010. The molecule has 128 valence electrons. The minimum atomic E-state index is 0. The summed E-state index contributed by atoms with van der Waals surface area (Å²) in [6, 6.07) is 20.1. The van der Waals surface area contributed by atoms with E-state index in [1.54, 1.807) is 0 Å². The van der Waals surface area contributed by atoms with Crippen LogP contribution in [-0.4, -0.2) is 13.2 Å². The lowest BCUT2D eigenvalue weighted by Gasteiger charge is -2.29. The molecule has 0 spiro atoms. The fourth-order valence-electron chi connectivity index (χ4n) is 4.38. The van der Waals surface area contributed by atoms with Gasteiger partial charge in [0.05, 0.1) is 0 Å². The zero-order chi connectivity index (χ0) is 16.1. The van der Waals surface area contributed by atoms with E-state index >= 15 is 0 Å². The highest BCUT2D eigenvalue weighted by atomic mass is 35.5. The number of hydrogen-bond donors (Lipinski definition) is 1. The number of ether oxygens (including phenoxy) is 1. The highest BCUT2D eigenvalue weighted by molar-refractivity contribution is 6.23. The van der Waals surface area contributed by atoms with Gasteiger partial charge in [0.2, 0.25) is 0 Å². The predicted molar refractivity (Wildman–Crippen MR) is 108 cm³/mol. The first-order valence-electron chi connectivity index (χ1n) is 8.83. The van der Waals surface area contributed by atoms with Crippen LogP contribution in [0.15, 0.2) is 54.6 Å². The molecule has 0 unspecified atom stereocenters. The molecule has 0 bridgehead atoms. The van der Waals surface area contributed by atoms with E-state index in [4.69, 9.17) is 10.5 Å². The monoisotopic (exact) mass is 351 g/mol. The van der Waals surface area contributed by atoms with Crippen molar-refractivity contribution >= 4 is 44.7 Å². The van der Waals surface area contributed by atoms with Gasteiger partial charge >= 0.3 is 0 Å². The first-order chi connectivity index (χ1) is 11.8. The second-order valence-corrected chi connectivity index (χ2v) is 6.99. The molecule has 4 aromatic carbocycles. The van der Waals surface area contributed by atoms with Crippen molar-refractivity contribution in [1.82, 2.24) is 0 Å². The SMILES string of the molecule is Cl.N[C@H](c1ccc2ccc3cccc4ccc1c2c34)C1CCOCC1. The van der Waals surface area contributed by atoms with Crippen molar-refractivity contribution in [2.24, 2.45) is 11.7 Å². The van der Waals surface area contributed by atoms with Crippen LogP contribution in [-0.2, 0) is 4.74 Å². The number of rotatable bonds is 2. The molecule has 1 heterocycles. The van der Waals surface area contributed by atoms with E-state index in [1.165, 1.54) is 37.9 Å². The summed E-state index contributed by atoms with van der Waals surface area (Å²) in [5.41, 5.74) is 8.00. The third-order valence-electron chi connectivity index (χ3n) is 5.70. The fraction of sp³-hybridized carbons (Fsp3) is 0.273. The van der Waals surface area contributed by atoms with Crippen LogP contribution < -0.4 is 5.73 Å². The molecule has 0 aromatic heterocycles. The maximum Gasteiger partial charge on any atom is 0.0469 e. The van der Waals surface area contributed by atoms with Gasteiger partial charge in [-0.2, -0.15) is 0 Å². The Morgan fingerprint density at radius 3 is 2.12 bits per heavy atom. The summed E-state index contributed by atoms with van der Waals surface area (Å²) in [6.07, 6.45) is 2.12. The van der Waals surface area contributed by atoms with Gasteiger partial charge in [-0.25, -0.2) is 0 Å². The number of halogens is 1. The molecule has 4 aromatic rings. The zero-order valence-electron chi connectivity index (χ0n) is 14.1. The van der Waals surface area contributed by atoms with Gasteiger partial charge in [-0.05, 0) is 56.6 Å². The van der Waals surface area contributed by atoms with Gasteiger partial charge in [-0.15, -0.1) is 12.4 Å². The van der Waals surface area contributed by atoms with Gasteiger partial charge in [0, 0.05) is 19.3 Å². The molecule has 0 radical (unpaired) electrons. The average Bonchev–Trinajstić information content (AvgIpc) is 2.66. The molecule has 0 aliphatic carbocycles. The van der Waals surface area contributed by atoms with Gasteiger partial charge in [-0.3, -0.25) is 0 Å². The number of hydrogen-bond acceptors (Lipinski definition) is 2. The highest BCUT2D eigenvalue weighted by Gasteiger charge is 2.24. The largest absolute Gasteiger partial charge is 0.381 e. The first kappa shape index (κ1) is 16.6. The van der Waals surface area contributed by atoms with Crippen molar-refractivity contribution in [2.45, 2.75) is 18.9 Å². The minimum Gasteiger partial charge on any atom is -0.381 e. The predicted octanol–water partition coefficient (Wildman–Crippen LogP) is 5.43. The Labute approximate surface area is 153 Å². The fourth-order valence-corrected chi connectivity index (χ4v) is 4.38. The van der Waals surface area contributed by atoms with Crippen LogP contribution in [0.2, 0.25) is 0 Å². The molecular formula is C22H22ClNO. The summed E-state index contributed by atoms with van der Waals surface area (Å²) in [5.74, 6) is 0.511. The Morgan fingerprint density at radius 2 is 1.40 bits per heavy atom. The lowest BCUT2D eigenvalue weighted by molar-refractivity contribution is 0.0585.